The Labute approximate surface area is 179 Å². The Balaban J connectivity index is 0.000000567. The number of nitrogens with two attached hydrogens (primary N) is 1. The van der Waals surface area contributed by atoms with Crippen molar-refractivity contribution >= 4 is 5.71 Å². The van der Waals surface area contributed by atoms with E-state index >= 15 is 0 Å². The van der Waals surface area contributed by atoms with E-state index < -0.39 is 5.83 Å². The molecule has 1 aromatic rings. The number of ether oxygens (including phenoxy) is 1. The summed E-state index contributed by atoms with van der Waals surface area (Å²) >= 11 is 0. The van der Waals surface area contributed by atoms with Crippen molar-refractivity contribution in [2.75, 3.05) is 6.61 Å². The Hall–Kier alpha value is -3.21. The molecule has 0 saturated heterocycles. The highest BCUT2D eigenvalue weighted by Gasteiger charge is 1.97. The lowest BCUT2D eigenvalue weighted by Gasteiger charge is -2.06. The van der Waals surface area contributed by atoms with Gasteiger partial charge in [-0.05, 0) is 70.5 Å². The number of hydrogen-bond acceptors (Lipinski definition) is 3. The lowest BCUT2D eigenvalue weighted by molar-refractivity contribution is 0.350. The molecule has 162 valence electrons. The van der Waals surface area contributed by atoms with Crippen LogP contribution < -0.4 is 10.5 Å². The number of rotatable bonds is 8. The molecule has 0 saturated carbocycles. The Kier molecular flexibility index (Phi) is 14.0. The maximum absolute atomic E-state index is 13.0. The molecule has 0 radical (unpaired) electrons. The molecule has 1 aromatic carbocycles. The summed E-state index contributed by atoms with van der Waals surface area (Å²) in [6.45, 7) is 13.4. The van der Waals surface area contributed by atoms with Gasteiger partial charge in [-0.3, -0.25) is 4.99 Å². The second kappa shape index (κ2) is 15.7. The highest BCUT2D eigenvalue weighted by Crippen LogP contribution is 2.12. The number of aliphatic imine (C=N–C) groups is 1. The van der Waals surface area contributed by atoms with Crippen LogP contribution in [0.25, 0.3) is 0 Å². The van der Waals surface area contributed by atoms with Crippen molar-refractivity contribution in [3.8, 4) is 5.75 Å². The van der Waals surface area contributed by atoms with E-state index in [-0.39, 0.29) is 11.5 Å². The summed E-state index contributed by atoms with van der Waals surface area (Å²) < 4.78 is 31.1. The lowest BCUT2D eigenvalue weighted by Crippen LogP contribution is -2.00. The largest absolute Gasteiger partial charge is 0.487 e. The molecule has 0 aliphatic carbocycles. The van der Waals surface area contributed by atoms with E-state index in [0.29, 0.717) is 12.4 Å². The summed E-state index contributed by atoms with van der Waals surface area (Å²) in [5.74, 6) is -0.0472. The van der Waals surface area contributed by atoms with Gasteiger partial charge in [0.15, 0.2) is 0 Å². The molecule has 5 heteroatoms. The van der Waals surface area contributed by atoms with Gasteiger partial charge in [0.1, 0.15) is 24.0 Å². The van der Waals surface area contributed by atoms with Crippen LogP contribution in [0.4, 0.5) is 8.78 Å². The number of allylic oxidation sites excluding steroid dienone is 9. The molecule has 0 aromatic heterocycles. The first-order chi connectivity index (χ1) is 14.3. The fourth-order valence-corrected chi connectivity index (χ4v) is 1.92. The van der Waals surface area contributed by atoms with Crippen LogP contribution in [0, 0.1) is 5.82 Å². The van der Waals surface area contributed by atoms with Crippen LogP contribution in [0.2, 0.25) is 0 Å². The monoisotopic (exact) mass is 414 g/mol. The van der Waals surface area contributed by atoms with Gasteiger partial charge in [-0.2, -0.15) is 0 Å². The smallest absolute Gasteiger partial charge is 0.145 e. The summed E-state index contributed by atoms with van der Waals surface area (Å²) in [4.78, 5) is 4.31. The minimum Gasteiger partial charge on any atom is -0.487 e. The minimum absolute atomic E-state index is 0.148. The second-order valence-corrected chi connectivity index (χ2v) is 6.19. The number of benzene rings is 1. The number of hydrogen-bond donors (Lipinski definition) is 1. The maximum atomic E-state index is 13.0. The van der Waals surface area contributed by atoms with Crippen molar-refractivity contribution in [2.24, 2.45) is 10.7 Å². The van der Waals surface area contributed by atoms with Gasteiger partial charge in [-0.15, -0.1) is 0 Å². The Bertz CT molecular complexity index is 838. The molecule has 0 unspecified atom stereocenters. The zero-order chi connectivity index (χ0) is 22.9. The molecule has 3 nitrogen and oxygen atoms in total. The number of nitrogens with zero attached hydrogens (tertiary/aromatic N) is 1. The maximum Gasteiger partial charge on any atom is 0.145 e. The fourth-order valence-electron chi connectivity index (χ4n) is 1.92. The van der Waals surface area contributed by atoms with E-state index in [2.05, 4.69) is 11.6 Å². The van der Waals surface area contributed by atoms with E-state index in [1.165, 1.54) is 24.3 Å². The third kappa shape index (κ3) is 12.3. The van der Waals surface area contributed by atoms with Crippen molar-refractivity contribution in [3.63, 3.8) is 0 Å². The van der Waals surface area contributed by atoms with Crippen molar-refractivity contribution in [1.29, 1.82) is 0 Å². The average molecular weight is 415 g/mol. The van der Waals surface area contributed by atoms with Gasteiger partial charge in [0.2, 0.25) is 0 Å². The molecule has 0 spiro atoms. The van der Waals surface area contributed by atoms with E-state index in [1.54, 1.807) is 37.3 Å². The van der Waals surface area contributed by atoms with Crippen LogP contribution in [-0.4, -0.2) is 12.3 Å². The lowest BCUT2D eigenvalue weighted by atomic mass is 10.2. The van der Waals surface area contributed by atoms with E-state index in [1.807, 2.05) is 39.8 Å². The molecular weight excluding hydrogens is 382 g/mol. The highest BCUT2D eigenvalue weighted by molar-refractivity contribution is 5.80. The molecule has 2 N–H and O–H groups in total. The molecule has 0 aliphatic heterocycles. The molecule has 0 bridgehead atoms. The average Bonchev–Trinajstić information content (AvgIpc) is 2.74. The topological polar surface area (TPSA) is 47.6 Å². The predicted octanol–water partition coefficient (Wildman–Crippen LogP) is 6.98. The SMILES string of the molecule is C/C=C(/COc1ccc(F)cc1)N=C(C)C.C=CC(/C=C/C=C(F)\C(N)=C/C)=C\C. The second-order valence-electron chi connectivity index (χ2n) is 6.19. The Morgan fingerprint density at radius 1 is 1.10 bits per heavy atom. The molecule has 0 fully saturated rings. The first-order valence-electron chi connectivity index (χ1n) is 9.57. The van der Waals surface area contributed by atoms with Crippen LogP contribution >= 0.6 is 0 Å². The van der Waals surface area contributed by atoms with Crippen LogP contribution in [-0.2, 0) is 0 Å². The summed E-state index contributed by atoms with van der Waals surface area (Å²) in [6.07, 6.45) is 11.7. The van der Waals surface area contributed by atoms with Crippen LogP contribution in [0.15, 0.2) is 101 Å². The summed E-state index contributed by atoms with van der Waals surface area (Å²) in [6, 6.07) is 5.95. The van der Waals surface area contributed by atoms with Crippen LogP contribution in [0.3, 0.4) is 0 Å². The molecule has 0 atom stereocenters. The molecule has 0 amide bonds. The molecule has 0 aliphatic rings. The zero-order valence-corrected chi connectivity index (χ0v) is 18.5. The number of halogens is 2. The van der Waals surface area contributed by atoms with Gasteiger partial charge in [0, 0.05) is 5.71 Å². The van der Waals surface area contributed by atoms with Crippen molar-refractivity contribution in [1.82, 2.24) is 0 Å². The van der Waals surface area contributed by atoms with Crippen LogP contribution in [0.5, 0.6) is 5.75 Å². The Morgan fingerprint density at radius 3 is 2.20 bits per heavy atom. The molecule has 0 heterocycles. The normalized spacial score (nSPS) is 12.9. The quantitative estimate of drug-likeness (QED) is 0.368. The van der Waals surface area contributed by atoms with Gasteiger partial charge >= 0.3 is 0 Å². The Morgan fingerprint density at radius 2 is 1.73 bits per heavy atom. The van der Waals surface area contributed by atoms with Gasteiger partial charge in [0.25, 0.3) is 0 Å². The van der Waals surface area contributed by atoms with Crippen molar-refractivity contribution in [3.05, 3.63) is 102 Å². The first-order valence-corrected chi connectivity index (χ1v) is 9.57. The molecule has 30 heavy (non-hydrogen) atoms. The first kappa shape index (κ1) is 26.8. The van der Waals surface area contributed by atoms with Gasteiger partial charge in [0.05, 0.1) is 11.4 Å². The summed E-state index contributed by atoms with van der Waals surface area (Å²) in [7, 11) is 0. The van der Waals surface area contributed by atoms with Crippen molar-refractivity contribution < 1.29 is 13.5 Å². The zero-order valence-electron chi connectivity index (χ0n) is 18.5. The van der Waals surface area contributed by atoms with Crippen molar-refractivity contribution in [2.45, 2.75) is 34.6 Å². The van der Waals surface area contributed by atoms with Gasteiger partial charge in [-0.25, -0.2) is 8.78 Å². The van der Waals surface area contributed by atoms with E-state index in [0.717, 1.165) is 17.0 Å². The van der Waals surface area contributed by atoms with Crippen LogP contribution in [0.1, 0.15) is 34.6 Å². The minimum atomic E-state index is -0.428. The van der Waals surface area contributed by atoms with E-state index in [9.17, 15) is 8.78 Å². The standard InChI is InChI=1S/C13H16FNO.C12H16FN/c1-4-12(15-10(2)3)9-16-13-7-5-11(14)6-8-13;1-4-10(5-2)8-7-9-11(13)12(14)6-3/h4-8H,9H2,1-3H3;4-9H,1,14H2,2-3H3/b12-4-;8-7+,10-5+,11-9+,12-6+. The van der Waals surface area contributed by atoms with E-state index in [4.69, 9.17) is 10.5 Å². The third-order valence-corrected chi connectivity index (χ3v) is 3.59. The third-order valence-electron chi connectivity index (χ3n) is 3.59. The molecule has 1 rings (SSSR count). The summed E-state index contributed by atoms with van der Waals surface area (Å²) in [5, 5.41) is 0. The van der Waals surface area contributed by atoms with Gasteiger partial charge in [-0.1, -0.05) is 43.0 Å². The molecular formula is C25H32F2N2O. The predicted molar refractivity (Wildman–Crippen MR) is 125 cm³/mol. The highest BCUT2D eigenvalue weighted by atomic mass is 19.1. The summed E-state index contributed by atoms with van der Waals surface area (Å²) in [5.41, 5.74) is 8.28. The van der Waals surface area contributed by atoms with Gasteiger partial charge < -0.3 is 10.5 Å². The fraction of sp³-hybridized carbons (Fsp3) is 0.240.